The maximum absolute atomic E-state index is 12.2. The van der Waals surface area contributed by atoms with Crippen LogP contribution in [0.15, 0.2) is 36.4 Å². The Bertz CT molecular complexity index is 761. The Hall–Kier alpha value is -3.09. The molecule has 2 aromatic carbocycles. The second kappa shape index (κ2) is 7.65. The van der Waals surface area contributed by atoms with Gasteiger partial charge in [-0.1, -0.05) is 6.07 Å². The van der Waals surface area contributed by atoms with E-state index in [1.165, 1.54) is 0 Å². The van der Waals surface area contributed by atoms with Crippen LogP contribution in [0.3, 0.4) is 0 Å². The van der Waals surface area contributed by atoms with E-state index >= 15 is 0 Å². The van der Waals surface area contributed by atoms with Crippen molar-refractivity contribution < 1.29 is 28.5 Å². The number of para-hydroxylation sites is 1. The number of carbonyl (C=O) groups excluding carboxylic acids is 1. The maximum atomic E-state index is 12.2. The molecule has 1 amide bonds. The average molecular weight is 345 g/mol. The molecule has 0 saturated heterocycles. The van der Waals surface area contributed by atoms with E-state index in [1.54, 1.807) is 44.6 Å². The Morgan fingerprint density at radius 3 is 2.68 bits per heavy atom. The minimum absolute atomic E-state index is 0.177. The second-order valence-electron chi connectivity index (χ2n) is 5.16. The first-order valence-corrected chi connectivity index (χ1v) is 7.74. The molecular weight excluding hydrogens is 326 g/mol. The second-order valence-corrected chi connectivity index (χ2v) is 5.16. The van der Waals surface area contributed by atoms with E-state index in [0.29, 0.717) is 47.5 Å². The van der Waals surface area contributed by atoms with E-state index in [1.807, 2.05) is 6.07 Å². The molecule has 0 atom stereocenters. The van der Waals surface area contributed by atoms with Gasteiger partial charge < -0.3 is 29.0 Å². The van der Waals surface area contributed by atoms with Gasteiger partial charge in [-0.2, -0.15) is 0 Å². The molecule has 0 aliphatic carbocycles. The third kappa shape index (κ3) is 3.71. The molecule has 7 nitrogen and oxygen atoms in total. The molecule has 132 valence electrons. The monoisotopic (exact) mass is 345 g/mol. The van der Waals surface area contributed by atoms with E-state index in [4.69, 9.17) is 23.7 Å². The number of ether oxygens (including phenoxy) is 5. The van der Waals surface area contributed by atoms with Gasteiger partial charge in [0.05, 0.1) is 20.8 Å². The summed E-state index contributed by atoms with van der Waals surface area (Å²) in [4.78, 5) is 12.2. The van der Waals surface area contributed by atoms with Crippen molar-refractivity contribution in [3.8, 4) is 28.7 Å². The van der Waals surface area contributed by atoms with Gasteiger partial charge in [-0.15, -0.1) is 0 Å². The highest BCUT2D eigenvalue weighted by molar-refractivity contribution is 5.94. The summed E-state index contributed by atoms with van der Waals surface area (Å²) in [5.41, 5.74) is 0.503. The summed E-state index contributed by atoms with van der Waals surface area (Å²) in [6.45, 7) is 0.810. The van der Waals surface area contributed by atoms with E-state index in [0.717, 1.165) is 0 Å². The number of methoxy groups -OCH3 is 2. The summed E-state index contributed by atoms with van der Waals surface area (Å²) in [5, 5.41) is 2.79. The van der Waals surface area contributed by atoms with Gasteiger partial charge in [-0.25, -0.2) is 0 Å². The SMILES string of the molecule is COc1cccc(OCCNC(=O)c2ccc3c(c2)OCO3)c1OC. The molecular formula is C18H19NO6. The van der Waals surface area contributed by atoms with Crippen molar-refractivity contribution in [1.29, 1.82) is 0 Å². The van der Waals surface area contributed by atoms with E-state index < -0.39 is 0 Å². The minimum atomic E-state index is -0.209. The summed E-state index contributed by atoms with van der Waals surface area (Å²) >= 11 is 0. The number of amides is 1. The number of fused-ring (bicyclic) bond motifs is 1. The van der Waals surface area contributed by atoms with Crippen molar-refractivity contribution in [1.82, 2.24) is 5.32 Å². The molecule has 1 heterocycles. The van der Waals surface area contributed by atoms with Crippen molar-refractivity contribution in [2.75, 3.05) is 34.2 Å². The zero-order chi connectivity index (χ0) is 17.6. The first-order chi connectivity index (χ1) is 12.2. The van der Waals surface area contributed by atoms with Gasteiger partial charge in [0.1, 0.15) is 6.61 Å². The lowest BCUT2D eigenvalue weighted by Crippen LogP contribution is -2.28. The fourth-order valence-electron chi connectivity index (χ4n) is 2.44. The molecule has 0 radical (unpaired) electrons. The Morgan fingerprint density at radius 2 is 1.88 bits per heavy atom. The highest BCUT2D eigenvalue weighted by Crippen LogP contribution is 2.36. The zero-order valence-electron chi connectivity index (χ0n) is 14.0. The molecule has 25 heavy (non-hydrogen) atoms. The first kappa shape index (κ1) is 16.8. The van der Waals surface area contributed by atoms with Crippen molar-refractivity contribution >= 4 is 5.91 Å². The minimum Gasteiger partial charge on any atom is -0.493 e. The van der Waals surface area contributed by atoms with Crippen LogP contribution < -0.4 is 29.0 Å². The molecule has 0 fully saturated rings. The third-order valence-electron chi connectivity index (χ3n) is 3.65. The molecule has 0 spiro atoms. The van der Waals surface area contributed by atoms with Crippen LogP contribution in [-0.4, -0.2) is 40.1 Å². The van der Waals surface area contributed by atoms with Gasteiger partial charge in [0.25, 0.3) is 5.91 Å². The highest BCUT2D eigenvalue weighted by Gasteiger charge is 2.16. The fraction of sp³-hybridized carbons (Fsp3) is 0.278. The summed E-state index contributed by atoms with van der Waals surface area (Å²) < 4.78 is 26.7. The average Bonchev–Trinajstić information content (AvgIpc) is 3.12. The molecule has 1 N–H and O–H groups in total. The lowest BCUT2D eigenvalue weighted by molar-refractivity contribution is 0.0946. The van der Waals surface area contributed by atoms with E-state index in [9.17, 15) is 4.79 Å². The van der Waals surface area contributed by atoms with Crippen molar-refractivity contribution in [2.45, 2.75) is 0 Å². The van der Waals surface area contributed by atoms with Crippen LogP contribution >= 0.6 is 0 Å². The largest absolute Gasteiger partial charge is 0.493 e. The standard InChI is InChI=1S/C18H19NO6/c1-21-14-4-3-5-15(17(14)22-2)23-9-8-19-18(20)12-6-7-13-16(10-12)25-11-24-13/h3-7,10H,8-9,11H2,1-2H3,(H,19,20). The van der Waals surface area contributed by atoms with E-state index in [-0.39, 0.29) is 12.7 Å². The number of benzene rings is 2. The van der Waals surface area contributed by atoms with Crippen LogP contribution in [0.25, 0.3) is 0 Å². The summed E-state index contributed by atoms with van der Waals surface area (Å²) in [7, 11) is 3.11. The molecule has 7 heteroatoms. The Kier molecular flexibility index (Phi) is 5.13. The van der Waals surface area contributed by atoms with Crippen molar-refractivity contribution in [3.05, 3.63) is 42.0 Å². The predicted molar refractivity (Wildman–Crippen MR) is 89.9 cm³/mol. The van der Waals surface area contributed by atoms with Crippen molar-refractivity contribution in [2.24, 2.45) is 0 Å². The Labute approximate surface area is 145 Å². The lowest BCUT2D eigenvalue weighted by Gasteiger charge is -2.13. The summed E-state index contributed by atoms with van der Waals surface area (Å²) in [6.07, 6.45) is 0. The van der Waals surface area contributed by atoms with Gasteiger partial charge in [0.15, 0.2) is 23.0 Å². The quantitative estimate of drug-likeness (QED) is 0.776. The van der Waals surface area contributed by atoms with Gasteiger partial charge in [0.2, 0.25) is 12.5 Å². The van der Waals surface area contributed by atoms with Crippen LogP contribution in [0.1, 0.15) is 10.4 Å². The maximum Gasteiger partial charge on any atom is 0.251 e. The Balaban J connectivity index is 1.53. The predicted octanol–water partition coefficient (Wildman–Crippen LogP) is 2.24. The van der Waals surface area contributed by atoms with Crippen LogP contribution in [0.4, 0.5) is 0 Å². The zero-order valence-corrected chi connectivity index (χ0v) is 14.0. The number of hydrogen-bond acceptors (Lipinski definition) is 6. The molecule has 0 bridgehead atoms. The van der Waals surface area contributed by atoms with Crippen LogP contribution in [0, 0.1) is 0 Å². The normalized spacial score (nSPS) is 11.8. The van der Waals surface area contributed by atoms with Gasteiger partial charge in [-0.05, 0) is 30.3 Å². The summed E-state index contributed by atoms with van der Waals surface area (Å²) in [6, 6.07) is 10.4. The molecule has 1 aliphatic rings. The van der Waals surface area contributed by atoms with Gasteiger partial charge in [0, 0.05) is 5.56 Å². The number of hydrogen-bond donors (Lipinski definition) is 1. The van der Waals surface area contributed by atoms with Gasteiger partial charge in [-0.3, -0.25) is 4.79 Å². The topological polar surface area (TPSA) is 75.3 Å². The first-order valence-electron chi connectivity index (χ1n) is 7.74. The molecule has 0 saturated carbocycles. The van der Waals surface area contributed by atoms with Crippen LogP contribution in [-0.2, 0) is 0 Å². The summed E-state index contributed by atoms with van der Waals surface area (Å²) in [5.74, 6) is 2.67. The van der Waals surface area contributed by atoms with Gasteiger partial charge >= 0.3 is 0 Å². The third-order valence-corrected chi connectivity index (χ3v) is 3.65. The molecule has 3 rings (SSSR count). The van der Waals surface area contributed by atoms with Crippen LogP contribution in [0.2, 0.25) is 0 Å². The Morgan fingerprint density at radius 1 is 1.08 bits per heavy atom. The molecule has 2 aromatic rings. The number of rotatable bonds is 7. The number of carbonyl (C=O) groups is 1. The van der Waals surface area contributed by atoms with Crippen LogP contribution in [0.5, 0.6) is 28.7 Å². The lowest BCUT2D eigenvalue weighted by atomic mass is 10.2. The van der Waals surface area contributed by atoms with E-state index in [2.05, 4.69) is 5.32 Å². The smallest absolute Gasteiger partial charge is 0.251 e. The molecule has 0 unspecified atom stereocenters. The molecule has 1 aliphatic heterocycles. The highest BCUT2D eigenvalue weighted by atomic mass is 16.7. The molecule has 0 aromatic heterocycles. The number of nitrogens with one attached hydrogen (secondary N) is 1. The fourth-order valence-corrected chi connectivity index (χ4v) is 2.44. The van der Waals surface area contributed by atoms with Crippen molar-refractivity contribution in [3.63, 3.8) is 0 Å².